The number of nitrogens with one attached hydrogen (secondary N) is 1. The van der Waals surface area contributed by atoms with Gasteiger partial charge in [-0.25, -0.2) is 4.79 Å². The number of piperazine rings is 1. The summed E-state index contributed by atoms with van der Waals surface area (Å²) < 4.78 is 81.2. The first-order chi connectivity index (χ1) is 11.1. The fraction of sp³-hybridized carbons (Fsp3) is 0.500. The molecule has 0 radical (unpaired) electrons. The van der Waals surface area contributed by atoms with Crippen molar-refractivity contribution in [3.63, 3.8) is 0 Å². The van der Waals surface area contributed by atoms with Gasteiger partial charge in [-0.3, -0.25) is 0 Å². The first kappa shape index (κ1) is 18.4. The molecule has 2 rings (SSSR count). The van der Waals surface area contributed by atoms with Crippen LogP contribution in [0, 0.1) is 0 Å². The van der Waals surface area contributed by atoms with E-state index in [-0.39, 0.29) is 11.6 Å². The predicted molar refractivity (Wildman–Crippen MR) is 71.1 cm³/mol. The minimum absolute atomic E-state index is 0.0294. The molecule has 1 heterocycles. The van der Waals surface area contributed by atoms with Crippen molar-refractivity contribution >= 4 is 6.09 Å². The standard InChI is InChI=1S/C14H14F6N2O2/c15-13(16,17)10-5-9(6-11(7-10)14(18,19)20)8-24-12(23)22-3-1-21-2-4-22/h5-7,21H,1-4,8H2. The number of nitrogens with zero attached hydrogens (tertiary/aromatic N) is 1. The molecule has 10 heteroatoms. The molecule has 1 amide bonds. The van der Waals surface area contributed by atoms with Crippen LogP contribution in [0.2, 0.25) is 0 Å². The van der Waals surface area contributed by atoms with Crippen molar-refractivity contribution in [1.29, 1.82) is 0 Å². The maximum absolute atomic E-state index is 12.7. The van der Waals surface area contributed by atoms with Crippen LogP contribution in [0.15, 0.2) is 18.2 Å². The Hall–Kier alpha value is -1.97. The number of amides is 1. The zero-order chi connectivity index (χ0) is 18.0. The third kappa shape index (κ3) is 4.76. The van der Waals surface area contributed by atoms with Gasteiger partial charge in [-0.1, -0.05) is 0 Å². The van der Waals surface area contributed by atoms with E-state index in [1.807, 2.05) is 0 Å². The van der Waals surface area contributed by atoms with Crippen LogP contribution in [-0.2, 0) is 23.7 Å². The number of benzene rings is 1. The molecule has 4 nitrogen and oxygen atoms in total. The van der Waals surface area contributed by atoms with Crippen molar-refractivity contribution in [3.05, 3.63) is 34.9 Å². The largest absolute Gasteiger partial charge is 0.445 e. The lowest BCUT2D eigenvalue weighted by atomic mass is 10.1. The van der Waals surface area contributed by atoms with Gasteiger partial charge in [0.05, 0.1) is 11.1 Å². The van der Waals surface area contributed by atoms with Gasteiger partial charge in [0.25, 0.3) is 0 Å². The molecule has 24 heavy (non-hydrogen) atoms. The van der Waals surface area contributed by atoms with Gasteiger partial charge < -0.3 is 15.0 Å². The van der Waals surface area contributed by atoms with E-state index in [2.05, 4.69) is 5.32 Å². The van der Waals surface area contributed by atoms with Gasteiger partial charge in [-0.05, 0) is 23.8 Å². The first-order valence-electron chi connectivity index (χ1n) is 6.98. The molecular weight excluding hydrogens is 342 g/mol. The number of alkyl halides is 6. The molecular formula is C14H14F6N2O2. The van der Waals surface area contributed by atoms with Gasteiger partial charge in [0, 0.05) is 26.2 Å². The Morgan fingerprint density at radius 2 is 1.50 bits per heavy atom. The number of halogens is 6. The van der Waals surface area contributed by atoms with Gasteiger partial charge >= 0.3 is 18.4 Å². The zero-order valence-electron chi connectivity index (χ0n) is 12.3. The third-order valence-electron chi connectivity index (χ3n) is 3.38. The molecule has 134 valence electrons. The van der Waals surface area contributed by atoms with Crippen molar-refractivity contribution in [2.75, 3.05) is 26.2 Å². The van der Waals surface area contributed by atoms with Crippen molar-refractivity contribution in [1.82, 2.24) is 10.2 Å². The highest BCUT2D eigenvalue weighted by molar-refractivity contribution is 5.67. The monoisotopic (exact) mass is 356 g/mol. The van der Waals surface area contributed by atoms with Gasteiger partial charge in [-0.2, -0.15) is 26.3 Å². The van der Waals surface area contributed by atoms with Gasteiger partial charge in [0.2, 0.25) is 0 Å². The van der Waals surface area contributed by atoms with E-state index in [1.165, 1.54) is 4.90 Å². The summed E-state index contributed by atoms with van der Waals surface area (Å²) in [5.74, 6) is 0. The zero-order valence-corrected chi connectivity index (χ0v) is 12.3. The molecule has 0 unspecified atom stereocenters. The Morgan fingerprint density at radius 1 is 1.00 bits per heavy atom. The molecule has 1 saturated heterocycles. The summed E-state index contributed by atoms with van der Waals surface area (Å²) >= 11 is 0. The molecule has 1 N–H and O–H groups in total. The molecule has 1 aliphatic heterocycles. The number of carbonyl (C=O) groups is 1. The maximum Gasteiger partial charge on any atom is 0.416 e. The van der Waals surface area contributed by atoms with Gasteiger partial charge in [-0.15, -0.1) is 0 Å². The lowest BCUT2D eigenvalue weighted by Gasteiger charge is -2.26. The molecule has 0 saturated carbocycles. The topological polar surface area (TPSA) is 41.6 Å². The second kappa shape index (κ2) is 6.88. The Bertz CT molecular complexity index is 562. The lowest BCUT2D eigenvalue weighted by molar-refractivity contribution is -0.143. The van der Waals surface area contributed by atoms with Crippen LogP contribution in [0.25, 0.3) is 0 Å². The van der Waals surface area contributed by atoms with Crippen molar-refractivity contribution in [3.8, 4) is 0 Å². The SMILES string of the molecule is O=C(OCc1cc(C(F)(F)F)cc(C(F)(F)F)c1)N1CCNCC1. The van der Waals surface area contributed by atoms with E-state index in [0.29, 0.717) is 38.3 Å². The fourth-order valence-corrected chi connectivity index (χ4v) is 2.19. The highest BCUT2D eigenvalue weighted by Gasteiger charge is 2.37. The molecule has 0 aliphatic carbocycles. The quantitative estimate of drug-likeness (QED) is 0.827. The van der Waals surface area contributed by atoms with Crippen LogP contribution in [0.5, 0.6) is 0 Å². The van der Waals surface area contributed by atoms with Crippen LogP contribution in [0.4, 0.5) is 31.1 Å². The second-order valence-corrected chi connectivity index (χ2v) is 5.21. The van der Waals surface area contributed by atoms with Crippen molar-refractivity contribution < 1.29 is 35.9 Å². The summed E-state index contributed by atoms with van der Waals surface area (Å²) in [5, 5.41) is 2.99. The fourth-order valence-electron chi connectivity index (χ4n) is 2.19. The minimum atomic E-state index is -4.93. The van der Waals surface area contributed by atoms with E-state index in [4.69, 9.17) is 4.74 Å². The smallest absolute Gasteiger partial charge is 0.416 e. The molecule has 0 atom stereocenters. The number of ether oxygens (including phenoxy) is 1. The average Bonchev–Trinajstić information content (AvgIpc) is 2.51. The molecule has 1 aliphatic rings. The normalized spacial score (nSPS) is 16.2. The van der Waals surface area contributed by atoms with Crippen LogP contribution >= 0.6 is 0 Å². The predicted octanol–water partition coefficient (Wildman–Crippen LogP) is 3.27. The highest BCUT2D eigenvalue weighted by atomic mass is 19.4. The summed E-state index contributed by atoms with van der Waals surface area (Å²) in [6.45, 7) is 1.12. The Labute approximate surface area is 133 Å². The van der Waals surface area contributed by atoms with Crippen LogP contribution < -0.4 is 5.32 Å². The van der Waals surface area contributed by atoms with E-state index < -0.39 is 36.2 Å². The maximum atomic E-state index is 12.7. The molecule has 1 aromatic rings. The Morgan fingerprint density at radius 3 is 1.96 bits per heavy atom. The van der Waals surface area contributed by atoms with Crippen LogP contribution in [0.3, 0.4) is 0 Å². The van der Waals surface area contributed by atoms with E-state index in [9.17, 15) is 31.1 Å². The second-order valence-electron chi connectivity index (χ2n) is 5.21. The number of carbonyl (C=O) groups excluding carboxylic acids is 1. The van der Waals surface area contributed by atoms with Crippen molar-refractivity contribution in [2.45, 2.75) is 19.0 Å². The Balaban J connectivity index is 2.15. The van der Waals surface area contributed by atoms with Gasteiger partial charge in [0.1, 0.15) is 6.61 Å². The first-order valence-corrected chi connectivity index (χ1v) is 6.98. The molecule has 0 aromatic heterocycles. The number of hydrogen-bond acceptors (Lipinski definition) is 3. The van der Waals surface area contributed by atoms with E-state index >= 15 is 0 Å². The van der Waals surface area contributed by atoms with Crippen LogP contribution in [-0.4, -0.2) is 37.2 Å². The van der Waals surface area contributed by atoms with Crippen molar-refractivity contribution in [2.24, 2.45) is 0 Å². The molecule has 0 spiro atoms. The van der Waals surface area contributed by atoms with E-state index in [0.717, 1.165) is 0 Å². The molecule has 1 aromatic carbocycles. The summed E-state index contributed by atoms with van der Waals surface area (Å²) in [6.07, 6.45) is -10.6. The number of hydrogen-bond donors (Lipinski definition) is 1. The minimum Gasteiger partial charge on any atom is -0.445 e. The average molecular weight is 356 g/mol. The van der Waals surface area contributed by atoms with Crippen LogP contribution in [0.1, 0.15) is 16.7 Å². The number of rotatable bonds is 2. The molecule has 1 fully saturated rings. The van der Waals surface area contributed by atoms with E-state index in [1.54, 1.807) is 0 Å². The van der Waals surface area contributed by atoms with Gasteiger partial charge in [0.15, 0.2) is 0 Å². The highest BCUT2D eigenvalue weighted by Crippen LogP contribution is 2.36. The summed E-state index contributed by atoms with van der Waals surface area (Å²) in [5.41, 5.74) is -3.25. The summed E-state index contributed by atoms with van der Waals surface area (Å²) in [6, 6.07) is 1.11. The summed E-state index contributed by atoms with van der Waals surface area (Å²) in [4.78, 5) is 13.1. The summed E-state index contributed by atoms with van der Waals surface area (Å²) in [7, 11) is 0. The Kier molecular flexibility index (Phi) is 5.26. The third-order valence-corrected chi connectivity index (χ3v) is 3.38. The lowest BCUT2D eigenvalue weighted by Crippen LogP contribution is -2.46. The molecule has 0 bridgehead atoms.